The number of benzene rings is 1. The van der Waals surface area contributed by atoms with Crippen molar-refractivity contribution in [2.75, 3.05) is 0 Å². The number of fused-ring (bicyclic) bond motifs is 1. The van der Waals surface area contributed by atoms with Gasteiger partial charge in [0.1, 0.15) is 5.82 Å². The number of hydrogen-bond acceptors (Lipinski definition) is 2. The molecule has 0 radical (unpaired) electrons. The molecule has 1 aromatic heterocycles. The van der Waals surface area contributed by atoms with Crippen molar-refractivity contribution in [3.8, 4) is 0 Å². The molecule has 94 valence electrons. The fourth-order valence-corrected chi connectivity index (χ4v) is 2.64. The van der Waals surface area contributed by atoms with E-state index in [1.807, 2.05) is 0 Å². The molecule has 2 heterocycles. The van der Waals surface area contributed by atoms with Gasteiger partial charge in [0.05, 0.1) is 0 Å². The van der Waals surface area contributed by atoms with Gasteiger partial charge in [-0.1, -0.05) is 35.0 Å². The van der Waals surface area contributed by atoms with Crippen LogP contribution >= 0.6 is 15.9 Å². The van der Waals surface area contributed by atoms with Crippen LogP contribution in [0.1, 0.15) is 30.6 Å². The number of aromatic nitrogens is 3. The molecular weight excluding hydrogens is 290 g/mol. The zero-order valence-corrected chi connectivity index (χ0v) is 12.0. The van der Waals surface area contributed by atoms with Crippen LogP contribution in [0, 0.1) is 5.92 Å². The summed E-state index contributed by atoms with van der Waals surface area (Å²) in [6.07, 6.45) is 3.10. The summed E-state index contributed by atoms with van der Waals surface area (Å²) in [4.78, 5) is 4.66. The van der Waals surface area contributed by atoms with E-state index in [0.29, 0.717) is 0 Å². The highest BCUT2D eigenvalue weighted by Crippen LogP contribution is 2.19. The molecule has 0 saturated carbocycles. The van der Waals surface area contributed by atoms with Gasteiger partial charge in [-0.3, -0.25) is 0 Å². The second-order valence-electron chi connectivity index (χ2n) is 5.07. The van der Waals surface area contributed by atoms with Crippen molar-refractivity contribution >= 4 is 15.9 Å². The smallest absolute Gasteiger partial charge is 0.155 e. The first kappa shape index (κ1) is 11.9. The number of rotatable bonds is 2. The van der Waals surface area contributed by atoms with Crippen molar-refractivity contribution in [3.63, 3.8) is 0 Å². The first-order valence-electron chi connectivity index (χ1n) is 6.38. The van der Waals surface area contributed by atoms with Crippen molar-refractivity contribution in [2.24, 2.45) is 5.92 Å². The molecule has 1 aliphatic rings. The van der Waals surface area contributed by atoms with Gasteiger partial charge >= 0.3 is 0 Å². The summed E-state index contributed by atoms with van der Waals surface area (Å²) in [5.74, 6) is 2.84. The van der Waals surface area contributed by atoms with Crippen molar-refractivity contribution in [2.45, 2.75) is 32.7 Å². The van der Waals surface area contributed by atoms with Crippen LogP contribution < -0.4 is 0 Å². The topological polar surface area (TPSA) is 30.7 Å². The van der Waals surface area contributed by atoms with Gasteiger partial charge < -0.3 is 0 Å². The molecule has 18 heavy (non-hydrogen) atoms. The molecule has 0 saturated heterocycles. The number of nitrogens with zero attached hydrogens (tertiary/aromatic N) is 3. The molecule has 4 heteroatoms. The minimum atomic E-state index is 0.738. The Morgan fingerprint density at radius 2 is 2.11 bits per heavy atom. The summed E-state index contributed by atoms with van der Waals surface area (Å²) >= 11 is 3.45. The second kappa shape index (κ2) is 4.84. The summed E-state index contributed by atoms with van der Waals surface area (Å²) in [5.41, 5.74) is 1.26. The Morgan fingerprint density at radius 3 is 2.89 bits per heavy atom. The Labute approximate surface area is 115 Å². The molecule has 0 amide bonds. The molecule has 1 atom stereocenters. The fourth-order valence-electron chi connectivity index (χ4n) is 2.37. The van der Waals surface area contributed by atoms with Crippen LogP contribution in [0.25, 0.3) is 0 Å². The Hall–Kier alpha value is -1.16. The monoisotopic (exact) mass is 305 g/mol. The lowest BCUT2D eigenvalue weighted by Gasteiger charge is -2.17. The minimum Gasteiger partial charge on any atom is -0.250 e. The summed E-state index contributed by atoms with van der Waals surface area (Å²) in [6.45, 7) is 3.30. The van der Waals surface area contributed by atoms with Crippen LogP contribution in [0.15, 0.2) is 28.7 Å². The maximum Gasteiger partial charge on any atom is 0.155 e. The zero-order chi connectivity index (χ0) is 12.5. The predicted octanol–water partition coefficient (Wildman–Crippen LogP) is 3.21. The van der Waals surface area contributed by atoms with Gasteiger partial charge in [0, 0.05) is 23.9 Å². The molecule has 1 unspecified atom stereocenters. The molecule has 1 aromatic carbocycles. The molecule has 0 N–H and O–H groups in total. The lowest BCUT2D eigenvalue weighted by molar-refractivity contribution is 0.385. The highest BCUT2D eigenvalue weighted by atomic mass is 79.9. The van der Waals surface area contributed by atoms with Crippen molar-refractivity contribution in [1.82, 2.24) is 14.8 Å². The van der Waals surface area contributed by atoms with E-state index in [4.69, 9.17) is 0 Å². The van der Waals surface area contributed by atoms with E-state index >= 15 is 0 Å². The third-order valence-electron chi connectivity index (χ3n) is 3.43. The maximum atomic E-state index is 4.66. The van der Waals surface area contributed by atoms with E-state index in [1.165, 1.54) is 12.0 Å². The molecule has 0 bridgehead atoms. The SMILES string of the molecule is CC1CCn2nc(Cc3ccc(Br)cc3)nc2C1. The van der Waals surface area contributed by atoms with E-state index in [-0.39, 0.29) is 0 Å². The van der Waals surface area contributed by atoms with E-state index in [0.717, 1.165) is 41.4 Å². The molecule has 0 fully saturated rings. The van der Waals surface area contributed by atoms with Crippen molar-refractivity contribution in [3.05, 3.63) is 46.0 Å². The van der Waals surface area contributed by atoms with E-state index in [2.05, 4.69) is 61.9 Å². The predicted molar refractivity (Wildman–Crippen MR) is 74.5 cm³/mol. The van der Waals surface area contributed by atoms with Gasteiger partial charge in [0.25, 0.3) is 0 Å². The van der Waals surface area contributed by atoms with Gasteiger partial charge in [-0.25, -0.2) is 9.67 Å². The van der Waals surface area contributed by atoms with Crippen LogP contribution in [0.3, 0.4) is 0 Å². The summed E-state index contributed by atoms with van der Waals surface area (Å²) in [5, 5.41) is 4.60. The fraction of sp³-hybridized carbons (Fsp3) is 0.429. The highest BCUT2D eigenvalue weighted by Gasteiger charge is 2.18. The lowest BCUT2D eigenvalue weighted by Crippen LogP contribution is -2.18. The molecule has 3 nitrogen and oxygen atoms in total. The second-order valence-corrected chi connectivity index (χ2v) is 5.98. The summed E-state index contributed by atoms with van der Waals surface area (Å²) < 4.78 is 3.19. The van der Waals surface area contributed by atoms with Crippen LogP contribution in [-0.4, -0.2) is 14.8 Å². The zero-order valence-electron chi connectivity index (χ0n) is 10.4. The number of hydrogen-bond donors (Lipinski definition) is 0. The molecule has 1 aliphatic heterocycles. The van der Waals surface area contributed by atoms with Crippen molar-refractivity contribution < 1.29 is 0 Å². The Kier molecular flexibility index (Phi) is 3.20. The standard InChI is InChI=1S/C14H16BrN3/c1-10-6-7-18-14(8-10)16-13(17-18)9-11-2-4-12(15)5-3-11/h2-5,10H,6-9H2,1H3. The first-order chi connectivity index (χ1) is 8.70. The van der Waals surface area contributed by atoms with E-state index in [1.54, 1.807) is 0 Å². The molecule has 0 aliphatic carbocycles. The minimum absolute atomic E-state index is 0.738. The molecule has 2 aromatic rings. The average Bonchev–Trinajstić information content (AvgIpc) is 2.73. The van der Waals surface area contributed by atoms with Gasteiger partial charge in [0.2, 0.25) is 0 Å². The quantitative estimate of drug-likeness (QED) is 0.853. The Bertz CT molecular complexity index is 545. The highest BCUT2D eigenvalue weighted by molar-refractivity contribution is 9.10. The van der Waals surface area contributed by atoms with Crippen molar-refractivity contribution in [1.29, 1.82) is 0 Å². The van der Waals surface area contributed by atoms with E-state index < -0.39 is 0 Å². The maximum absolute atomic E-state index is 4.66. The third kappa shape index (κ3) is 2.48. The Balaban J connectivity index is 1.79. The first-order valence-corrected chi connectivity index (χ1v) is 7.17. The Morgan fingerprint density at radius 1 is 1.33 bits per heavy atom. The number of halogens is 1. The largest absolute Gasteiger partial charge is 0.250 e. The van der Waals surface area contributed by atoms with Gasteiger partial charge in [-0.2, -0.15) is 5.10 Å². The normalized spacial score (nSPS) is 18.7. The van der Waals surface area contributed by atoms with Gasteiger partial charge in [-0.15, -0.1) is 0 Å². The number of aryl methyl sites for hydroxylation is 1. The van der Waals surface area contributed by atoms with Crippen LogP contribution in [0.2, 0.25) is 0 Å². The van der Waals surface area contributed by atoms with Crippen LogP contribution in [0.5, 0.6) is 0 Å². The van der Waals surface area contributed by atoms with Gasteiger partial charge in [-0.05, 0) is 30.0 Å². The third-order valence-corrected chi connectivity index (χ3v) is 3.96. The summed E-state index contributed by atoms with van der Waals surface area (Å²) in [6, 6.07) is 8.36. The lowest BCUT2D eigenvalue weighted by atomic mass is 10.0. The van der Waals surface area contributed by atoms with Crippen LogP contribution in [-0.2, 0) is 19.4 Å². The van der Waals surface area contributed by atoms with E-state index in [9.17, 15) is 0 Å². The summed E-state index contributed by atoms with van der Waals surface area (Å²) in [7, 11) is 0. The average molecular weight is 306 g/mol. The molecule has 0 spiro atoms. The van der Waals surface area contributed by atoms with Gasteiger partial charge in [0.15, 0.2) is 5.82 Å². The molecule has 3 rings (SSSR count). The van der Waals surface area contributed by atoms with Crippen LogP contribution in [0.4, 0.5) is 0 Å². The molecular formula is C14H16BrN3.